The number of terminal acetylenes is 1. The van der Waals surface area contributed by atoms with E-state index in [1.165, 1.54) is 0 Å². The van der Waals surface area contributed by atoms with E-state index in [2.05, 4.69) is 12.8 Å². The molecule has 4 aliphatic carbocycles. The molecule has 4 aliphatic rings. The van der Waals surface area contributed by atoms with E-state index in [0.717, 1.165) is 50.5 Å². The predicted octanol–water partition coefficient (Wildman–Crippen LogP) is 3.98. The minimum Gasteiger partial charge on any atom is -0.504 e. The molecule has 3 nitrogen and oxygen atoms in total. The van der Waals surface area contributed by atoms with Crippen molar-refractivity contribution in [1.82, 2.24) is 0 Å². The summed E-state index contributed by atoms with van der Waals surface area (Å²) < 4.78 is 0. The highest BCUT2D eigenvalue weighted by Crippen LogP contribution is 2.65. The molecule has 5 atom stereocenters. The molecule has 0 aromatic heterocycles. The van der Waals surface area contributed by atoms with Crippen LogP contribution in [0, 0.1) is 40.9 Å². The summed E-state index contributed by atoms with van der Waals surface area (Å²) >= 11 is 0. The highest BCUT2D eigenvalue weighted by atomic mass is 16.3. The first kappa shape index (κ1) is 15.9. The van der Waals surface area contributed by atoms with E-state index < -0.39 is 0 Å². The maximum atomic E-state index is 12.5. The Morgan fingerprint density at radius 3 is 2.67 bits per heavy atom. The van der Waals surface area contributed by atoms with Gasteiger partial charge in [0.2, 0.25) is 0 Å². The number of carbonyl (C=O) groups is 2. The van der Waals surface area contributed by atoms with Crippen molar-refractivity contribution in [3.8, 4) is 12.3 Å². The Morgan fingerprint density at radius 1 is 1.12 bits per heavy atom. The molecule has 0 heterocycles. The highest BCUT2D eigenvalue weighted by Gasteiger charge is 2.60. The minimum absolute atomic E-state index is 0.00536. The second-order valence-corrected chi connectivity index (χ2v) is 8.62. The van der Waals surface area contributed by atoms with Gasteiger partial charge in [0.15, 0.2) is 11.5 Å². The molecular weight excluding hydrogens is 300 g/mol. The van der Waals surface area contributed by atoms with Gasteiger partial charge in [0.05, 0.1) is 0 Å². The molecule has 1 unspecified atom stereocenters. The van der Waals surface area contributed by atoms with Crippen LogP contribution >= 0.6 is 0 Å². The fraction of sp³-hybridized carbons (Fsp3) is 0.714. The molecule has 3 fully saturated rings. The van der Waals surface area contributed by atoms with Gasteiger partial charge < -0.3 is 5.11 Å². The number of hydrogen-bond donors (Lipinski definition) is 1. The van der Waals surface area contributed by atoms with Crippen LogP contribution in [0.3, 0.4) is 0 Å². The summed E-state index contributed by atoms with van der Waals surface area (Å²) in [5, 5.41) is 10.4. The van der Waals surface area contributed by atoms with Crippen LogP contribution in [0.15, 0.2) is 11.3 Å². The summed E-state index contributed by atoms with van der Waals surface area (Å²) in [5.74, 6) is 4.56. The molecule has 0 bridgehead atoms. The van der Waals surface area contributed by atoms with Crippen LogP contribution in [-0.4, -0.2) is 16.7 Å². The monoisotopic (exact) mass is 326 g/mol. The third kappa shape index (κ3) is 1.86. The largest absolute Gasteiger partial charge is 0.504 e. The van der Waals surface area contributed by atoms with E-state index in [1.807, 2.05) is 0 Å². The SMILES string of the molecule is C#CCC12CCC(=O)C(O)=C1CC[C@@H]1[C@@H]2CC[C@]2(C)C(=O)CC[C@@H]12. The lowest BCUT2D eigenvalue weighted by molar-refractivity contribution is -0.133. The lowest BCUT2D eigenvalue weighted by Gasteiger charge is -2.57. The van der Waals surface area contributed by atoms with Gasteiger partial charge >= 0.3 is 0 Å². The van der Waals surface area contributed by atoms with E-state index in [0.29, 0.717) is 36.4 Å². The number of aliphatic hydroxyl groups excluding tert-OH is 1. The number of ketones is 2. The molecule has 0 amide bonds. The molecule has 0 radical (unpaired) electrons. The molecule has 0 saturated heterocycles. The highest BCUT2D eigenvalue weighted by molar-refractivity contribution is 5.95. The second kappa shape index (κ2) is 5.22. The van der Waals surface area contributed by atoms with Gasteiger partial charge in [-0.2, -0.15) is 0 Å². The van der Waals surface area contributed by atoms with Crippen LogP contribution in [0.4, 0.5) is 0 Å². The number of carbonyl (C=O) groups excluding carboxylic acids is 2. The molecule has 0 aliphatic heterocycles. The summed E-state index contributed by atoms with van der Waals surface area (Å²) in [6.45, 7) is 2.17. The smallest absolute Gasteiger partial charge is 0.197 e. The van der Waals surface area contributed by atoms with Gasteiger partial charge in [-0.3, -0.25) is 9.59 Å². The molecular formula is C21H26O3. The molecule has 0 aromatic carbocycles. The zero-order chi connectivity index (χ0) is 17.1. The maximum absolute atomic E-state index is 12.5. The van der Waals surface area contributed by atoms with E-state index >= 15 is 0 Å². The molecule has 3 saturated carbocycles. The average molecular weight is 326 g/mol. The van der Waals surface area contributed by atoms with Crippen LogP contribution in [-0.2, 0) is 9.59 Å². The van der Waals surface area contributed by atoms with E-state index in [4.69, 9.17) is 6.42 Å². The van der Waals surface area contributed by atoms with Crippen LogP contribution < -0.4 is 0 Å². The molecule has 128 valence electrons. The fourth-order valence-corrected chi connectivity index (χ4v) is 6.75. The van der Waals surface area contributed by atoms with Gasteiger partial charge in [-0.15, -0.1) is 12.3 Å². The number of fused-ring (bicyclic) bond motifs is 5. The summed E-state index contributed by atoms with van der Waals surface area (Å²) in [6.07, 6.45) is 12.9. The molecule has 0 aromatic rings. The summed E-state index contributed by atoms with van der Waals surface area (Å²) in [7, 11) is 0. The second-order valence-electron chi connectivity index (χ2n) is 8.62. The van der Waals surface area contributed by atoms with Gasteiger partial charge in [0, 0.05) is 30.1 Å². The summed E-state index contributed by atoms with van der Waals surface area (Å²) in [6, 6.07) is 0. The van der Waals surface area contributed by atoms with Crippen molar-refractivity contribution in [3.05, 3.63) is 11.3 Å². The van der Waals surface area contributed by atoms with E-state index in [-0.39, 0.29) is 22.4 Å². The van der Waals surface area contributed by atoms with Crippen molar-refractivity contribution in [1.29, 1.82) is 0 Å². The average Bonchev–Trinajstić information content (AvgIpc) is 2.87. The molecule has 1 N–H and O–H groups in total. The Kier molecular flexibility index (Phi) is 3.46. The van der Waals surface area contributed by atoms with E-state index in [1.54, 1.807) is 0 Å². The number of allylic oxidation sites excluding steroid dienone is 1. The Bertz CT molecular complexity index is 682. The quantitative estimate of drug-likeness (QED) is 0.742. The van der Waals surface area contributed by atoms with Gasteiger partial charge in [-0.1, -0.05) is 6.92 Å². The van der Waals surface area contributed by atoms with Gasteiger partial charge in [-0.05, 0) is 61.9 Å². The van der Waals surface area contributed by atoms with Gasteiger partial charge in [0.1, 0.15) is 5.78 Å². The lowest BCUT2D eigenvalue weighted by Crippen LogP contribution is -2.52. The Morgan fingerprint density at radius 2 is 1.92 bits per heavy atom. The van der Waals surface area contributed by atoms with Crippen molar-refractivity contribution >= 4 is 11.6 Å². The van der Waals surface area contributed by atoms with Crippen LogP contribution in [0.2, 0.25) is 0 Å². The number of Topliss-reactive ketones (excluding diaryl/α,β-unsaturated/α-hetero) is 2. The molecule has 24 heavy (non-hydrogen) atoms. The normalized spacial score (nSPS) is 44.6. The van der Waals surface area contributed by atoms with Crippen LogP contribution in [0.5, 0.6) is 0 Å². The maximum Gasteiger partial charge on any atom is 0.197 e. The number of hydrogen-bond acceptors (Lipinski definition) is 3. The first-order chi connectivity index (χ1) is 11.4. The van der Waals surface area contributed by atoms with Crippen molar-refractivity contribution in [2.24, 2.45) is 28.6 Å². The van der Waals surface area contributed by atoms with Crippen molar-refractivity contribution < 1.29 is 14.7 Å². The van der Waals surface area contributed by atoms with Crippen LogP contribution in [0.1, 0.15) is 64.7 Å². The van der Waals surface area contributed by atoms with Gasteiger partial charge in [-0.25, -0.2) is 0 Å². The molecule has 0 spiro atoms. The number of rotatable bonds is 1. The van der Waals surface area contributed by atoms with Crippen molar-refractivity contribution in [2.75, 3.05) is 0 Å². The van der Waals surface area contributed by atoms with E-state index in [9.17, 15) is 14.7 Å². The first-order valence-corrected chi connectivity index (χ1v) is 9.36. The fourth-order valence-electron chi connectivity index (χ4n) is 6.75. The third-order valence-corrected chi connectivity index (χ3v) is 7.95. The predicted molar refractivity (Wildman–Crippen MR) is 91.1 cm³/mol. The topological polar surface area (TPSA) is 54.4 Å². The molecule has 3 heteroatoms. The Labute approximate surface area is 143 Å². The first-order valence-electron chi connectivity index (χ1n) is 9.36. The van der Waals surface area contributed by atoms with Crippen molar-refractivity contribution in [2.45, 2.75) is 64.7 Å². The Hall–Kier alpha value is -1.56. The summed E-state index contributed by atoms with van der Waals surface area (Å²) in [5.41, 5.74) is 0.584. The third-order valence-electron chi connectivity index (χ3n) is 7.95. The summed E-state index contributed by atoms with van der Waals surface area (Å²) in [4.78, 5) is 24.5. The zero-order valence-electron chi connectivity index (χ0n) is 14.4. The number of aliphatic hydroxyl groups is 1. The zero-order valence-corrected chi connectivity index (χ0v) is 14.4. The van der Waals surface area contributed by atoms with Crippen molar-refractivity contribution in [3.63, 3.8) is 0 Å². The Balaban J connectivity index is 1.78. The lowest BCUT2D eigenvalue weighted by atomic mass is 9.46. The minimum atomic E-state index is -0.206. The van der Waals surface area contributed by atoms with Gasteiger partial charge in [0.25, 0.3) is 0 Å². The standard InChI is InChI=1S/C21H26O3/c1-3-10-21-12-9-17(22)19(24)16(21)5-4-13-14-6-7-18(23)20(14,2)11-8-15(13)21/h1,13-15,24H,4-12H2,2H3/t13-,14-,15-,20-,21?/m0/s1. The molecule has 4 rings (SSSR count). The van der Waals surface area contributed by atoms with Crippen LogP contribution in [0.25, 0.3) is 0 Å².